The van der Waals surface area contributed by atoms with Crippen LogP contribution in [0.2, 0.25) is 0 Å². The highest BCUT2D eigenvalue weighted by Gasteiger charge is 2.57. The number of hydrogen-bond acceptors (Lipinski definition) is 5. The quantitative estimate of drug-likeness (QED) is 0.796. The summed E-state index contributed by atoms with van der Waals surface area (Å²) in [6.45, 7) is 3.38. The number of likely N-dealkylation sites (tertiary alicyclic amines) is 2. The molecule has 9 nitrogen and oxygen atoms in total. The predicted molar refractivity (Wildman–Crippen MR) is 92.9 cm³/mol. The average molecular weight is 372 g/mol. The second-order valence-corrected chi connectivity index (χ2v) is 9.24. The van der Waals surface area contributed by atoms with Crippen LogP contribution < -0.4 is 5.32 Å². The number of carbonyl (C=O) groups is 2. The Morgan fingerprint density at radius 2 is 1.93 bits per heavy atom. The Bertz CT molecular complexity index is 798. The maximum absolute atomic E-state index is 12.7. The lowest BCUT2D eigenvalue weighted by atomic mass is 9.60. The molecule has 6 rings (SSSR count). The molecule has 2 saturated carbocycles. The summed E-state index contributed by atoms with van der Waals surface area (Å²) in [5, 5.41) is 7.62. The average Bonchev–Trinajstić information content (AvgIpc) is 3.28. The SMILES string of the molecule is O=C1COCC2(CN(C(=O)N3CC4(CC(n5cnc(C6CC6)n5)C4)C3)C2)N1. The van der Waals surface area contributed by atoms with E-state index in [1.54, 1.807) is 0 Å². The molecule has 0 atom stereocenters. The van der Waals surface area contributed by atoms with Crippen LogP contribution in [0, 0.1) is 5.41 Å². The number of urea groups is 1. The Labute approximate surface area is 157 Å². The Morgan fingerprint density at radius 1 is 1.19 bits per heavy atom. The van der Waals surface area contributed by atoms with Crippen molar-refractivity contribution in [3.63, 3.8) is 0 Å². The molecule has 4 heterocycles. The summed E-state index contributed by atoms with van der Waals surface area (Å²) < 4.78 is 7.36. The van der Waals surface area contributed by atoms with Gasteiger partial charge in [-0.25, -0.2) is 14.5 Å². The smallest absolute Gasteiger partial charge is 0.320 e. The van der Waals surface area contributed by atoms with Crippen LogP contribution in [0.1, 0.15) is 43.5 Å². The molecule has 27 heavy (non-hydrogen) atoms. The van der Waals surface area contributed by atoms with Gasteiger partial charge in [-0.1, -0.05) is 0 Å². The van der Waals surface area contributed by atoms with E-state index >= 15 is 0 Å². The molecule has 5 aliphatic rings. The molecule has 3 amide bonds. The minimum atomic E-state index is -0.360. The van der Waals surface area contributed by atoms with E-state index in [-0.39, 0.29) is 29.5 Å². The zero-order chi connectivity index (χ0) is 18.2. The number of ether oxygens (including phenoxy) is 1. The number of carbonyl (C=O) groups excluding carboxylic acids is 2. The van der Waals surface area contributed by atoms with Gasteiger partial charge in [0, 0.05) is 37.5 Å². The number of aromatic nitrogens is 3. The number of nitrogens with one attached hydrogen (secondary N) is 1. The number of rotatable bonds is 2. The molecule has 1 aromatic rings. The first kappa shape index (κ1) is 15.9. The van der Waals surface area contributed by atoms with Gasteiger partial charge in [0.2, 0.25) is 5.91 Å². The molecule has 1 aromatic heterocycles. The maximum atomic E-state index is 12.7. The molecular weight excluding hydrogens is 348 g/mol. The highest BCUT2D eigenvalue weighted by molar-refractivity contribution is 5.81. The van der Waals surface area contributed by atoms with Gasteiger partial charge in [0.05, 0.1) is 18.2 Å². The van der Waals surface area contributed by atoms with Crippen molar-refractivity contribution in [3.8, 4) is 0 Å². The summed E-state index contributed by atoms with van der Waals surface area (Å²) in [4.78, 5) is 32.4. The zero-order valence-electron chi connectivity index (χ0n) is 15.3. The molecule has 0 bridgehead atoms. The minimum Gasteiger partial charge on any atom is -0.369 e. The van der Waals surface area contributed by atoms with Gasteiger partial charge in [-0.3, -0.25) is 4.79 Å². The number of hydrogen-bond donors (Lipinski definition) is 1. The van der Waals surface area contributed by atoms with Crippen molar-refractivity contribution < 1.29 is 14.3 Å². The van der Waals surface area contributed by atoms with Crippen LogP contribution in [0.25, 0.3) is 0 Å². The first-order valence-electron chi connectivity index (χ1n) is 9.87. The summed E-state index contributed by atoms with van der Waals surface area (Å²) in [6.07, 6.45) is 6.50. The summed E-state index contributed by atoms with van der Waals surface area (Å²) in [5.41, 5.74) is -0.0851. The molecule has 1 N–H and O–H groups in total. The third-order valence-corrected chi connectivity index (χ3v) is 6.78. The summed E-state index contributed by atoms with van der Waals surface area (Å²) in [5.74, 6) is 1.51. The van der Waals surface area contributed by atoms with Crippen LogP contribution in [-0.4, -0.2) is 81.4 Å². The second-order valence-electron chi connectivity index (χ2n) is 9.24. The van der Waals surface area contributed by atoms with Crippen LogP contribution in [0.4, 0.5) is 4.79 Å². The highest BCUT2D eigenvalue weighted by atomic mass is 16.5. The Kier molecular flexibility index (Phi) is 3.06. The van der Waals surface area contributed by atoms with Crippen molar-refractivity contribution in [3.05, 3.63) is 12.2 Å². The van der Waals surface area contributed by atoms with Gasteiger partial charge < -0.3 is 19.9 Å². The lowest BCUT2D eigenvalue weighted by Crippen LogP contribution is -2.78. The number of amides is 3. The lowest BCUT2D eigenvalue weighted by molar-refractivity contribution is -0.142. The van der Waals surface area contributed by atoms with E-state index in [4.69, 9.17) is 4.74 Å². The van der Waals surface area contributed by atoms with E-state index in [2.05, 4.69) is 15.4 Å². The van der Waals surface area contributed by atoms with Gasteiger partial charge in [0.15, 0.2) is 5.82 Å². The topological polar surface area (TPSA) is 92.6 Å². The number of morpholine rings is 1. The monoisotopic (exact) mass is 372 g/mol. The van der Waals surface area contributed by atoms with Crippen LogP contribution in [0.5, 0.6) is 0 Å². The molecule has 0 unspecified atom stereocenters. The van der Waals surface area contributed by atoms with Crippen molar-refractivity contribution in [1.82, 2.24) is 29.9 Å². The molecule has 2 spiro atoms. The Balaban J connectivity index is 0.996. The van der Waals surface area contributed by atoms with Crippen LogP contribution >= 0.6 is 0 Å². The van der Waals surface area contributed by atoms with Gasteiger partial charge in [0.25, 0.3) is 0 Å². The van der Waals surface area contributed by atoms with Gasteiger partial charge >= 0.3 is 6.03 Å². The van der Waals surface area contributed by atoms with E-state index in [1.807, 2.05) is 20.8 Å². The van der Waals surface area contributed by atoms with Gasteiger partial charge in [-0.15, -0.1) is 0 Å². The summed E-state index contributed by atoms with van der Waals surface area (Å²) in [6, 6.07) is 0.524. The summed E-state index contributed by atoms with van der Waals surface area (Å²) >= 11 is 0. The maximum Gasteiger partial charge on any atom is 0.320 e. The highest BCUT2D eigenvalue weighted by Crippen LogP contribution is 2.54. The minimum absolute atomic E-state index is 0.0882. The van der Waals surface area contributed by atoms with Crippen molar-refractivity contribution >= 4 is 11.9 Å². The van der Waals surface area contributed by atoms with E-state index in [9.17, 15) is 9.59 Å². The van der Waals surface area contributed by atoms with E-state index in [0.717, 1.165) is 31.8 Å². The van der Waals surface area contributed by atoms with Gasteiger partial charge in [-0.2, -0.15) is 5.10 Å². The van der Waals surface area contributed by atoms with Crippen LogP contribution in [-0.2, 0) is 9.53 Å². The van der Waals surface area contributed by atoms with Crippen molar-refractivity contribution in [1.29, 1.82) is 0 Å². The zero-order valence-corrected chi connectivity index (χ0v) is 15.3. The normalized spacial score (nSPS) is 28.5. The van der Waals surface area contributed by atoms with Crippen LogP contribution in [0.3, 0.4) is 0 Å². The predicted octanol–water partition coefficient (Wildman–Crippen LogP) is 0.113. The molecule has 0 radical (unpaired) electrons. The van der Waals surface area contributed by atoms with E-state index < -0.39 is 0 Å². The molecule has 9 heteroatoms. The molecule has 0 aromatic carbocycles. The third-order valence-electron chi connectivity index (χ3n) is 6.78. The fourth-order valence-corrected chi connectivity index (χ4v) is 5.17. The van der Waals surface area contributed by atoms with Crippen molar-refractivity contribution in [2.75, 3.05) is 39.4 Å². The molecule has 5 fully saturated rings. The largest absolute Gasteiger partial charge is 0.369 e. The summed E-state index contributed by atoms with van der Waals surface area (Å²) in [7, 11) is 0. The third kappa shape index (κ3) is 2.47. The standard InChI is InChI=1S/C18H24N6O3/c25-14-5-27-10-18(20-14)8-23(9-18)16(26)22-6-17(7-22)3-13(4-17)24-11-19-15(21-24)12-1-2-12/h11-13H,1-10H2,(H,20,25). The van der Waals surface area contributed by atoms with E-state index in [1.165, 1.54) is 12.8 Å². The van der Waals surface area contributed by atoms with Crippen LogP contribution in [0.15, 0.2) is 6.33 Å². The van der Waals surface area contributed by atoms with Crippen molar-refractivity contribution in [2.24, 2.45) is 5.41 Å². The molecule has 3 saturated heterocycles. The Morgan fingerprint density at radius 3 is 2.63 bits per heavy atom. The van der Waals surface area contributed by atoms with Crippen molar-refractivity contribution in [2.45, 2.75) is 43.2 Å². The molecular formula is C18H24N6O3. The first-order valence-corrected chi connectivity index (χ1v) is 9.87. The Hall–Kier alpha value is -2.16. The van der Waals surface area contributed by atoms with E-state index in [0.29, 0.717) is 31.7 Å². The first-order chi connectivity index (χ1) is 13.0. The van der Waals surface area contributed by atoms with Gasteiger partial charge in [0.1, 0.15) is 12.9 Å². The van der Waals surface area contributed by atoms with Gasteiger partial charge in [-0.05, 0) is 25.7 Å². The lowest BCUT2D eigenvalue weighted by Gasteiger charge is -2.61. The number of nitrogens with zero attached hydrogens (tertiary/aromatic N) is 5. The fraction of sp³-hybridized carbons (Fsp3) is 0.778. The fourth-order valence-electron chi connectivity index (χ4n) is 5.17. The molecule has 144 valence electrons. The molecule has 3 aliphatic heterocycles. The second kappa shape index (κ2) is 5.21. The molecule has 2 aliphatic carbocycles.